The highest BCUT2D eigenvalue weighted by Gasteiger charge is 2.23. The molecule has 1 fully saturated rings. The van der Waals surface area contributed by atoms with Gasteiger partial charge in [0.1, 0.15) is 11.9 Å². The van der Waals surface area contributed by atoms with Crippen molar-refractivity contribution in [3.63, 3.8) is 0 Å². The number of rotatable bonds is 5. The molecule has 23 heavy (non-hydrogen) atoms. The minimum Gasteiger partial charge on any atom is -0.368 e. The van der Waals surface area contributed by atoms with Gasteiger partial charge in [0.25, 0.3) is 5.91 Å². The number of nitrogens with zero attached hydrogens (tertiary/aromatic N) is 2. The van der Waals surface area contributed by atoms with Crippen LogP contribution in [-0.4, -0.2) is 30.1 Å². The van der Waals surface area contributed by atoms with Crippen molar-refractivity contribution in [3.8, 4) is 0 Å². The Morgan fingerprint density at radius 1 is 1.26 bits per heavy atom. The molecule has 1 saturated heterocycles. The third kappa shape index (κ3) is 3.68. The normalized spacial score (nSPS) is 17.0. The van der Waals surface area contributed by atoms with E-state index in [-0.39, 0.29) is 12.0 Å². The molecule has 120 valence electrons. The molecule has 1 aromatic carbocycles. The predicted octanol–water partition coefficient (Wildman–Crippen LogP) is 3.36. The molecule has 0 radical (unpaired) electrons. The molecule has 1 aliphatic heterocycles. The van der Waals surface area contributed by atoms with E-state index in [0.717, 1.165) is 30.8 Å². The summed E-state index contributed by atoms with van der Waals surface area (Å²) in [6, 6.07) is 14.0. The van der Waals surface area contributed by atoms with E-state index in [1.165, 1.54) is 0 Å². The number of carbonyl (C=O) groups is 1. The molecule has 2 heterocycles. The minimum atomic E-state index is -0.340. The van der Waals surface area contributed by atoms with Crippen molar-refractivity contribution in [2.75, 3.05) is 23.4 Å². The van der Waals surface area contributed by atoms with E-state index >= 15 is 0 Å². The lowest BCUT2D eigenvalue weighted by atomic mass is 10.2. The van der Waals surface area contributed by atoms with Gasteiger partial charge < -0.3 is 15.0 Å². The highest BCUT2D eigenvalue weighted by molar-refractivity contribution is 5.93. The van der Waals surface area contributed by atoms with Crippen molar-refractivity contribution in [3.05, 3.63) is 48.7 Å². The van der Waals surface area contributed by atoms with Crippen LogP contribution in [-0.2, 0) is 9.53 Å². The summed E-state index contributed by atoms with van der Waals surface area (Å²) < 4.78 is 5.38. The van der Waals surface area contributed by atoms with Crippen molar-refractivity contribution < 1.29 is 9.53 Å². The van der Waals surface area contributed by atoms with Crippen molar-refractivity contribution in [1.82, 2.24) is 4.98 Å². The second-order valence-corrected chi connectivity index (χ2v) is 5.47. The fraction of sp³-hybridized carbons (Fsp3) is 0.333. The first-order valence-corrected chi connectivity index (χ1v) is 7.99. The van der Waals surface area contributed by atoms with Gasteiger partial charge in [0.05, 0.1) is 11.9 Å². The molecule has 0 bridgehead atoms. The molecule has 1 atom stereocenters. The summed E-state index contributed by atoms with van der Waals surface area (Å²) in [5.74, 6) is 0.441. The lowest BCUT2D eigenvalue weighted by molar-refractivity contribution is -0.124. The van der Waals surface area contributed by atoms with E-state index in [0.29, 0.717) is 12.4 Å². The number of nitrogens with one attached hydrogen (secondary N) is 1. The molecule has 1 unspecified atom stereocenters. The van der Waals surface area contributed by atoms with Crippen LogP contribution in [0.4, 0.5) is 17.2 Å². The van der Waals surface area contributed by atoms with Gasteiger partial charge in [-0.25, -0.2) is 4.98 Å². The summed E-state index contributed by atoms with van der Waals surface area (Å²) in [5.41, 5.74) is 2.11. The second-order valence-electron chi connectivity index (χ2n) is 5.47. The number of anilines is 3. The van der Waals surface area contributed by atoms with Gasteiger partial charge in [-0.2, -0.15) is 0 Å². The predicted molar refractivity (Wildman–Crippen MR) is 91.0 cm³/mol. The molecule has 0 aliphatic carbocycles. The van der Waals surface area contributed by atoms with Crippen molar-refractivity contribution in [2.24, 2.45) is 0 Å². The van der Waals surface area contributed by atoms with Crippen LogP contribution in [0.5, 0.6) is 0 Å². The number of amides is 1. The number of para-hydroxylation sites is 1. The summed E-state index contributed by atoms with van der Waals surface area (Å²) in [4.78, 5) is 18.5. The third-order valence-electron chi connectivity index (χ3n) is 3.92. The maximum atomic E-state index is 12.0. The fourth-order valence-electron chi connectivity index (χ4n) is 2.73. The molecule has 2 aromatic rings. The zero-order chi connectivity index (χ0) is 16.1. The quantitative estimate of drug-likeness (QED) is 0.920. The maximum Gasteiger partial charge on any atom is 0.254 e. The molecule has 1 N–H and O–H groups in total. The molecule has 3 rings (SSSR count). The Hall–Kier alpha value is -2.40. The van der Waals surface area contributed by atoms with Crippen LogP contribution in [0.15, 0.2) is 48.7 Å². The van der Waals surface area contributed by atoms with E-state index in [2.05, 4.69) is 34.3 Å². The Labute approximate surface area is 136 Å². The first kappa shape index (κ1) is 15.5. The molecular weight excluding hydrogens is 290 g/mol. The number of hydrogen-bond acceptors (Lipinski definition) is 4. The van der Waals surface area contributed by atoms with Crippen molar-refractivity contribution in [2.45, 2.75) is 25.9 Å². The Kier molecular flexibility index (Phi) is 4.88. The number of carbonyl (C=O) groups excluding carboxylic acids is 1. The van der Waals surface area contributed by atoms with Gasteiger partial charge in [-0.15, -0.1) is 0 Å². The van der Waals surface area contributed by atoms with E-state index in [9.17, 15) is 4.79 Å². The Morgan fingerprint density at radius 3 is 2.70 bits per heavy atom. The fourth-order valence-corrected chi connectivity index (χ4v) is 2.73. The Morgan fingerprint density at radius 2 is 2.09 bits per heavy atom. The Bertz CT molecular complexity index is 637. The average Bonchev–Trinajstić information content (AvgIpc) is 3.13. The lowest BCUT2D eigenvalue weighted by Gasteiger charge is -2.23. The standard InChI is InChI=1S/C18H21N3O2/c1-2-21(14-7-4-3-5-8-14)15-10-11-17(19-13-15)20-18(22)16-9-6-12-23-16/h3-5,7-8,10-11,13,16H,2,6,9,12H2,1H3,(H,19,20,22). The summed E-state index contributed by atoms with van der Waals surface area (Å²) in [7, 11) is 0. The number of benzene rings is 1. The van der Waals surface area contributed by atoms with E-state index in [4.69, 9.17) is 4.74 Å². The van der Waals surface area contributed by atoms with E-state index in [1.54, 1.807) is 6.20 Å². The third-order valence-corrected chi connectivity index (χ3v) is 3.92. The largest absolute Gasteiger partial charge is 0.368 e. The minimum absolute atomic E-state index is 0.113. The molecule has 0 spiro atoms. The van der Waals surface area contributed by atoms with Gasteiger partial charge in [0, 0.05) is 18.8 Å². The smallest absolute Gasteiger partial charge is 0.254 e. The highest BCUT2D eigenvalue weighted by Crippen LogP contribution is 2.25. The number of ether oxygens (including phenoxy) is 1. The monoisotopic (exact) mass is 311 g/mol. The molecule has 5 heteroatoms. The lowest BCUT2D eigenvalue weighted by Crippen LogP contribution is -2.27. The van der Waals surface area contributed by atoms with Crippen LogP contribution < -0.4 is 10.2 Å². The first-order valence-electron chi connectivity index (χ1n) is 7.99. The summed E-state index contributed by atoms with van der Waals surface area (Å²) >= 11 is 0. The van der Waals surface area contributed by atoms with Gasteiger partial charge in [-0.1, -0.05) is 18.2 Å². The highest BCUT2D eigenvalue weighted by atomic mass is 16.5. The second kappa shape index (κ2) is 7.24. The average molecular weight is 311 g/mol. The van der Waals surface area contributed by atoms with Crippen LogP contribution in [0.3, 0.4) is 0 Å². The van der Waals surface area contributed by atoms with Crippen LogP contribution in [0.1, 0.15) is 19.8 Å². The maximum absolute atomic E-state index is 12.0. The molecule has 1 amide bonds. The molecular formula is C18H21N3O2. The molecule has 1 aliphatic rings. The van der Waals surface area contributed by atoms with Crippen molar-refractivity contribution in [1.29, 1.82) is 0 Å². The van der Waals surface area contributed by atoms with Gasteiger partial charge in [-0.05, 0) is 44.0 Å². The van der Waals surface area contributed by atoms with Crippen LogP contribution >= 0.6 is 0 Å². The van der Waals surface area contributed by atoms with Crippen LogP contribution in [0, 0.1) is 0 Å². The van der Waals surface area contributed by atoms with Gasteiger partial charge in [0.2, 0.25) is 0 Å². The van der Waals surface area contributed by atoms with E-state index in [1.807, 2.05) is 30.3 Å². The number of pyridine rings is 1. The Balaban J connectivity index is 1.69. The molecule has 1 aromatic heterocycles. The summed E-state index contributed by atoms with van der Waals surface area (Å²) in [6.45, 7) is 3.60. The van der Waals surface area contributed by atoms with E-state index < -0.39 is 0 Å². The topological polar surface area (TPSA) is 54.5 Å². The number of hydrogen-bond donors (Lipinski definition) is 1. The molecule has 5 nitrogen and oxygen atoms in total. The zero-order valence-corrected chi connectivity index (χ0v) is 13.2. The van der Waals surface area contributed by atoms with Gasteiger partial charge >= 0.3 is 0 Å². The van der Waals surface area contributed by atoms with Gasteiger partial charge in [-0.3, -0.25) is 4.79 Å². The zero-order valence-electron chi connectivity index (χ0n) is 13.2. The molecule has 0 saturated carbocycles. The summed E-state index contributed by atoms with van der Waals surface area (Å²) in [6.07, 6.45) is 3.16. The van der Waals surface area contributed by atoms with Crippen molar-refractivity contribution >= 4 is 23.1 Å². The van der Waals surface area contributed by atoms with Gasteiger partial charge in [0.15, 0.2) is 0 Å². The number of aromatic nitrogens is 1. The van der Waals surface area contributed by atoms with Crippen LogP contribution in [0.25, 0.3) is 0 Å². The van der Waals surface area contributed by atoms with Crippen LogP contribution in [0.2, 0.25) is 0 Å². The first-order chi connectivity index (χ1) is 11.3. The summed E-state index contributed by atoms with van der Waals surface area (Å²) in [5, 5.41) is 2.81. The SMILES string of the molecule is CCN(c1ccccc1)c1ccc(NC(=O)C2CCCO2)nc1.